The summed E-state index contributed by atoms with van der Waals surface area (Å²) in [5, 5.41) is 10.3. The number of hydrogen-bond acceptors (Lipinski definition) is 5. The largest absolute Gasteiger partial charge is 0.383 e. The first-order valence-corrected chi connectivity index (χ1v) is 6.22. The van der Waals surface area contributed by atoms with Gasteiger partial charge in [0.2, 0.25) is 0 Å². The maximum absolute atomic E-state index is 9.36. The predicted octanol–water partition coefficient (Wildman–Crippen LogP) is 1.53. The second kappa shape index (κ2) is 4.75. The molecule has 5 nitrogen and oxygen atoms in total. The van der Waals surface area contributed by atoms with Gasteiger partial charge in [-0.2, -0.15) is 5.26 Å². The van der Waals surface area contributed by atoms with E-state index in [1.807, 2.05) is 24.3 Å². The Morgan fingerprint density at radius 1 is 1.26 bits per heavy atom. The van der Waals surface area contributed by atoms with Crippen LogP contribution < -0.4 is 10.6 Å². The second-order valence-corrected chi connectivity index (χ2v) is 4.45. The number of benzene rings is 1. The highest BCUT2D eigenvalue weighted by atomic mass is 16.5. The van der Waals surface area contributed by atoms with Crippen molar-refractivity contribution < 1.29 is 4.74 Å². The van der Waals surface area contributed by atoms with Crippen LogP contribution in [0.1, 0.15) is 5.56 Å². The van der Waals surface area contributed by atoms with Gasteiger partial charge < -0.3 is 15.4 Å². The van der Waals surface area contributed by atoms with Crippen LogP contribution in [0.15, 0.2) is 24.3 Å². The van der Waals surface area contributed by atoms with Gasteiger partial charge in [0.25, 0.3) is 0 Å². The number of hydrogen-bond donors (Lipinski definition) is 1. The normalized spacial score (nSPS) is 15.4. The van der Waals surface area contributed by atoms with Crippen molar-refractivity contribution in [3.05, 3.63) is 29.8 Å². The molecule has 1 aliphatic heterocycles. The summed E-state index contributed by atoms with van der Waals surface area (Å²) in [6.45, 7) is 2.87. The van der Waals surface area contributed by atoms with Crippen LogP contribution in [0.2, 0.25) is 0 Å². The van der Waals surface area contributed by atoms with Crippen LogP contribution in [0, 0.1) is 11.3 Å². The number of nitriles is 1. The van der Waals surface area contributed by atoms with E-state index in [1.54, 1.807) is 0 Å². The van der Waals surface area contributed by atoms with Crippen LogP contribution in [0.5, 0.6) is 0 Å². The fourth-order valence-electron chi connectivity index (χ4n) is 2.44. The standard InChI is InChI=1S/C14H14N4O/c15-9-11-13(18-5-7-19-8-6-18)10-3-1-2-4-12(10)17-14(11)16/h1-4H,5-8H2,(H2,16,17). The van der Waals surface area contributed by atoms with Crippen LogP contribution in [0.3, 0.4) is 0 Å². The van der Waals surface area contributed by atoms with Crippen molar-refractivity contribution in [1.82, 2.24) is 4.98 Å². The Morgan fingerprint density at radius 2 is 2.00 bits per heavy atom. The third-order valence-electron chi connectivity index (χ3n) is 3.33. The molecule has 1 aliphatic rings. The van der Waals surface area contributed by atoms with Crippen LogP contribution >= 0.6 is 0 Å². The third kappa shape index (κ3) is 1.96. The summed E-state index contributed by atoms with van der Waals surface area (Å²) >= 11 is 0. The fourth-order valence-corrected chi connectivity index (χ4v) is 2.44. The Balaban J connectivity index is 2.26. The molecule has 0 spiro atoms. The molecule has 3 rings (SSSR count). The van der Waals surface area contributed by atoms with Gasteiger partial charge in [0.05, 0.1) is 24.4 Å². The molecule has 0 bridgehead atoms. The van der Waals surface area contributed by atoms with Gasteiger partial charge in [-0.15, -0.1) is 0 Å². The average Bonchev–Trinajstić information content (AvgIpc) is 2.46. The second-order valence-electron chi connectivity index (χ2n) is 4.45. The molecule has 0 saturated carbocycles. The Hall–Kier alpha value is -2.32. The number of morpholine rings is 1. The smallest absolute Gasteiger partial charge is 0.144 e. The maximum Gasteiger partial charge on any atom is 0.144 e. The predicted molar refractivity (Wildman–Crippen MR) is 73.9 cm³/mol. The fraction of sp³-hybridized carbons (Fsp3) is 0.286. The SMILES string of the molecule is N#Cc1c(N)nc2ccccc2c1N1CCOCC1. The molecule has 0 aliphatic carbocycles. The minimum absolute atomic E-state index is 0.294. The number of pyridine rings is 1. The lowest BCUT2D eigenvalue weighted by molar-refractivity contribution is 0.123. The number of para-hydroxylation sites is 1. The Bertz CT molecular complexity index is 656. The third-order valence-corrected chi connectivity index (χ3v) is 3.33. The van der Waals surface area contributed by atoms with E-state index in [2.05, 4.69) is 16.0 Å². The highest BCUT2D eigenvalue weighted by Gasteiger charge is 2.20. The summed E-state index contributed by atoms with van der Waals surface area (Å²) in [6, 6.07) is 9.95. The molecule has 96 valence electrons. The van der Waals surface area contributed by atoms with E-state index in [4.69, 9.17) is 10.5 Å². The number of anilines is 2. The highest BCUT2D eigenvalue weighted by Crippen LogP contribution is 2.32. The highest BCUT2D eigenvalue weighted by molar-refractivity contribution is 5.97. The van der Waals surface area contributed by atoms with Crippen LogP contribution in [0.4, 0.5) is 11.5 Å². The zero-order valence-electron chi connectivity index (χ0n) is 10.5. The minimum Gasteiger partial charge on any atom is -0.383 e. The van der Waals surface area contributed by atoms with Gasteiger partial charge in [-0.25, -0.2) is 4.98 Å². The first kappa shape index (κ1) is 11.8. The van der Waals surface area contributed by atoms with Crippen molar-refractivity contribution >= 4 is 22.4 Å². The number of nitrogens with two attached hydrogens (primary N) is 1. The van der Waals surface area contributed by atoms with Gasteiger partial charge in [-0.1, -0.05) is 18.2 Å². The summed E-state index contributed by atoms with van der Waals surface area (Å²) in [5.74, 6) is 0.294. The lowest BCUT2D eigenvalue weighted by Crippen LogP contribution is -2.37. The van der Waals surface area contributed by atoms with Gasteiger partial charge >= 0.3 is 0 Å². The van der Waals surface area contributed by atoms with Crippen molar-refractivity contribution in [2.45, 2.75) is 0 Å². The Kier molecular flexibility index (Phi) is 2.94. The number of ether oxygens (including phenoxy) is 1. The summed E-state index contributed by atoms with van der Waals surface area (Å²) in [7, 11) is 0. The Morgan fingerprint density at radius 3 is 2.74 bits per heavy atom. The quantitative estimate of drug-likeness (QED) is 0.835. The molecular weight excluding hydrogens is 240 g/mol. The van der Waals surface area contributed by atoms with Crippen LogP contribution in [0.25, 0.3) is 10.9 Å². The van der Waals surface area contributed by atoms with Crippen molar-refractivity contribution in [1.29, 1.82) is 5.26 Å². The number of rotatable bonds is 1. The van der Waals surface area contributed by atoms with E-state index in [9.17, 15) is 5.26 Å². The number of nitrogens with zero attached hydrogens (tertiary/aromatic N) is 3. The number of aromatic nitrogens is 1. The summed E-state index contributed by atoms with van der Waals surface area (Å²) in [5.41, 5.74) is 8.08. The van der Waals surface area contributed by atoms with Gasteiger partial charge in [-0.05, 0) is 6.07 Å². The molecule has 1 aromatic heterocycles. The molecule has 0 atom stereocenters. The topological polar surface area (TPSA) is 75.2 Å². The molecule has 0 radical (unpaired) electrons. The molecule has 2 heterocycles. The molecule has 0 unspecified atom stereocenters. The van der Waals surface area contributed by atoms with E-state index in [0.29, 0.717) is 24.6 Å². The van der Waals surface area contributed by atoms with E-state index in [-0.39, 0.29) is 0 Å². The maximum atomic E-state index is 9.36. The van der Waals surface area contributed by atoms with Gasteiger partial charge in [0, 0.05) is 18.5 Å². The molecule has 0 amide bonds. The first-order valence-electron chi connectivity index (χ1n) is 6.22. The molecule has 1 aromatic carbocycles. The molecule has 19 heavy (non-hydrogen) atoms. The first-order chi connectivity index (χ1) is 9.31. The lowest BCUT2D eigenvalue weighted by Gasteiger charge is -2.30. The van der Waals surface area contributed by atoms with E-state index >= 15 is 0 Å². The zero-order valence-corrected chi connectivity index (χ0v) is 10.5. The van der Waals surface area contributed by atoms with Crippen molar-refractivity contribution in [3.63, 3.8) is 0 Å². The summed E-state index contributed by atoms with van der Waals surface area (Å²) < 4.78 is 5.37. The summed E-state index contributed by atoms with van der Waals surface area (Å²) in [4.78, 5) is 6.45. The minimum atomic E-state index is 0.294. The molecule has 5 heteroatoms. The summed E-state index contributed by atoms with van der Waals surface area (Å²) in [6.07, 6.45) is 0. The molecule has 1 saturated heterocycles. The average molecular weight is 254 g/mol. The van der Waals surface area contributed by atoms with Crippen molar-refractivity contribution in [2.24, 2.45) is 0 Å². The van der Waals surface area contributed by atoms with Crippen LogP contribution in [-0.2, 0) is 4.74 Å². The number of fused-ring (bicyclic) bond motifs is 1. The molecule has 2 aromatic rings. The molecule has 1 fully saturated rings. The zero-order chi connectivity index (χ0) is 13.2. The van der Waals surface area contributed by atoms with Crippen molar-refractivity contribution in [3.8, 4) is 6.07 Å². The molecular formula is C14H14N4O. The van der Waals surface area contributed by atoms with Gasteiger partial charge in [0.15, 0.2) is 0 Å². The molecule has 2 N–H and O–H groups in total. The lowest BCUT2D eigenvalue weighted by atomic mass is 10.1. The van der Waals surface area contributed by atoms with E-state index in [0.717, 1.165) is 29.7 Å². The van der Waals surface area contributed by atoms with Gasteiger partial charge in [0.1, 0.15) is 17.5 Å². The van der Waals surface area contributed by atoms with E-state index < -0.39 is 0 Å². The van der Waals surface area contributed by atoms with Gasteiger partial charge in [-0.3, -0.25) is 0 Å². The van der Waals surface area contributed by atoms with Crippen molar-refractivity contribution in [2.75, 3.05) is 36.9 Å². The van der Waals surface area contributed by atoms with Crippen LogP contribution in [-0.4, -0.2) is 31.3 Å². The van der Waals surface area contributed by atoms with E-state index in [1.165, 1.54) is 0 Å². The monoisotopic (exact) mass is 254 g/mol. The number of nitrogen functional groups attached to an aromatic ring is 1. The Labute approximate surface area is 111 Å².